The lowest BCUT2D eigenvalue weighted by atomic mass is 10.1. The molecule has 0 radical (unpaired) electrons. The third-order valence-electron chi connectivity index (χ3n) is 5.40. The molecule has 26 heavy (non-hydrogen) atoms. The summed E-state index contributed by atoms with van der Waals surface area (Å²) in [5.74, 6) is 0. The third kappa shape index (κ3) is 3.83. The molecule has 1 aromatic heterocycles. The highest BCUT2D eigenvalue weighted by atomic mass is 15.3. The summed E-state index contributed by atoms with van der Waals surface area (Å²) >= 11 is 0. The van der Waals surface area contributed by atoms with Crippen molar-refractivity contribution in [2.24, 2.45) is 0 Å². The number of nitrogens with zero attached hydrogens (tertiary/aromatic N) is 2. The van der Waals surface area contributed by atoms with Crippen LogP contribution in [-0.4, -0.2) is 42.6 Å². The van der Waals surface area contributed by atoms with Gasteiger partial charge in [-0.1, -0.05) is 48.5 Å². The molecule has 0 spiro atoms. The number of hydrogen-bond acceptors (Lipinski definition) is 2. The Hall–Kier alpha value is -2.52. The fraction of sp³-hybridized carbons (Fsp3) is 0.304. The molecule has 3 nitrogen and oxygen atoms in total. The molecule has 134 valence electrons. The number of aromatic amines is 1. The van der Waals surface area contributed by atoms with Gasteiger partial charge in [-0.3, -0.25) is 4.90 Å². The van der Waals surface area contributed by atoms with Gasteiger partial charge in [0.15, 0.2) is 0 Å². The topological polar surface area (TPSA) is 22.3 Å². The monoisotopic (exact) mass is 345 g/mol. The molecule has 1 aliphatic rings. The van der Waals surface area contributed by atoms with Crippen molar-refractivity contribution in [1.82, 2.24) is 9.88 Å². The maximum atomic E-state index is 3.55. The standard InChI is InChI=1S/C23H27N3/c1-19-21(18-23(24-19)20-8-4-2-5-9-20)12-13-25-14-16-26(17-15-25)22-10-6-3-7-11-22/h2-11,18,24H,12-17H2,1H3. The zero-order valence-corrected chi connectivity index (χ0v) is 15.5. The van der Waals surface area contributed by atoms with Gasteiger partial charge in [0.25, 0.3) is 0 Å². The fourth-order valence-electron chi connectivity index (χ4n) is 3.78. The van der Waals surface area contributed by atoms with Gasteiger partial charge in [0.2, 0.25) is 0 Å². The first-order valence-corrected chi connectivity index (χ1v) is 9.56. The molecule has 3 heteroatoms. The number of aromatic nitrogens is 1. The van der Waals surface area contributed by atoms with Crippen LogP contribution in [0.3, 0.4) is 0 Å². The summed E-state index contributed by atoms with van der Waals surface area (Å²) in [4.78, 5) is 8.63. The molecule has 1 aliphatic heterocycles. The average molecular weight is 345 g/mol. The zero-order valence-electron chi connectivity index (χ0n) is 15.5. The normalized spacial score (nSPS) is 15.3. The molecular weight excluding hydrogens is 318 g/mol. The third-order valence-corrected chi connectivity index (χ3v) is 5.40. The first-order chi connectivity index (χ1) is 12.8. The number of rotatable bonds is 5. The van der Waals surface area contributed by atoms with Crippen LogP contribution in [0.2, 0.25) is 0 Å². The number of benzene rings is 2. The number of aryl methyl sites for hydroxylation is 1. The Morgan fingerprint density at radius 3 is 2.19 bits per heavy atom. The van der Waals surface area contributed by atoms with Crippen LogP contribution < -0.4 is 4.90 Å². The number of anilines is 1. The van der Waals surface area contributed by atoms with Crippen LogP contribution >= 0.6 is 0 Å². The van der Waals surface area contributed by atoms with Gasteiger partial charge in [0.1, 0.15) is 0 Å². The molecule has 2 aromatic carbocycles. The quantitative estimate of drug-likeness (QED) is 0.742. The van der Waals surface area contributed by atoms with E-state index in [2.05, 4.69) is 88.4 Å². The van der Waals surface area contributed by atoms with Gasteiger partial charge >= 0.3 is 0 Å². The second-order valence-corrected chi connectivity index (χ2v) is 7.11. The highest BCUT2D eigenvalue weighted by Gasteiger charge is 2.17. The molecule has 1 fully saturated rings. The van der Waals surface area contributed by atoms with E-state index < -0.39 is 0 Å². The molecule has 0 saturated carbocycles. The summed E-state index contributed by atoms with van der Waals surface area (Å²) in [6.07, 6.45) is 1.11. The van der Waals surface area contributed by atoms with E-state index in [0.29, 0.717) is 0 Å². The molecule has 0 bridgehead atoms. The summed E-state index contributed by atoms with van der Waals surface area (Å²) in [5, 5.41) is 0. The second kappa shape index (κ2) is 7.79. The largest absolute Gasteiger partial charge is 0.369 e. The van der Waals surface area contributed by atoms with Gasteiger partial charge in [-0.15, -0.1) is 0 Å². The van der Waals surface area contributed by atoms with Crippen LogP contribution in [0.1, 0.15) is 11.3 Å². The summed E-state index contributed by atoms with van der Waals surface area (Å²) in [7, 11) is 0. The molecule has 4 rings (SSSR count). The van der Waals surface area contributed by atoms with Crippen LogP contribution in [0.5, 0.6) is 0 Å². The molecule has 1 N–H and O–H groups in total. The summed E-state index contributed by atoms with van der Waals surface area (Å²) in [5.41, 5.74) is 6.58. The SMILES string of the molecule is Cc1[nH]c(-c2ccccc2)cc1CCN1CCN(c2ccccc2)CC1. The predicted molar refractivity (Wildman–Crippen MR) is 110 cm³/mol. The Bertz CT molecular complexity index is 815. The van der Waals surface area contributed by atoms with Gasteiger partial charge in [0, 0.05) is 49.8 Å². The first kappa shape index (κ1) is 16.9. The molecule has 0 aliphatic carbocycles. The van der Waals surface area contributed by atoms with E-state index in [0.717, 1.165) is 39.1 Å². The number of para-hydroxylation sites is 1. The van der Waals surface area contributed by atoms with Crippen molar-refractivity contribution in [2.45, 2.75) is 13.3 Å². The maximum Gasteiger partial charge on any atom is 0.0458 e. The molecule has 0 amide bonds. The summed E-state index contributed by atoms with van der Waals surface area (Å²) in [6, 6.07) is 23.7. The minimum absolute atomic E-state index is 1.11. The Kier molecular flexibility index (Phi) is 5.07. The Labute approximate surface area is 156 Å². The molecule has 0 atom stereocenters. The molecule has 2 heterocycles. The molecule has 1 saturated heterocycles. The van der Waals surface area contributed by atoms with Gasteiger partial charge in [-0.05, 0) is 42.7 Å². The Morgan fingerprint density at radius 1 is 0.846 bits per heavy atom. The highest BCUT2D eigenvalue weighted by Crippen LogP contribution is 2.22. The molecule has 3 aromatic rings. The van der Waals surface area contributed by atoms with Crippen LogP contribution in [0.15, 0.2) is 66.7 Å². The van der Waals surface area contributed by atoms with E-state index in [1.54, 1.807) is 0 Å². The number of hydrogen-bond donors (Lipinski definition) is 1. The van der Waals surface area contributed by atoms with E-state index in [-0.39, 0.29) is 0 Å². The van der Waals surface area contributed by atoms with Gasteiger partial charge in [-0.25, -0.2) is 0 Å². The van der Waals surface area contributed by atoms with Crippen molar-refractivity contribution in [3.63, 3.8) is 0 Å². The lowest BCUT2D eigenvalue weighted by Gasteiger charge is -2.36. The maximum absolute atomic E-state index is 3.55. The van der Waals surface area contributed by atoms with Gasteiger partial charge in [-0.2, -0.15) is 0 Å². The van der Waals surface area contributed by atoms with E-state index in [1.807, 2.05) is 0 Å². The summed E-state index contributed by atoms with van der Waals surface area (Å²) in [6.45, 7) is 7.84. The van der Waals surface area contributed by atoms with Crippen LogP contribution in [0.4, 0.5) is 5.69 Å². The van der Waals surface area contributed by atoms with Crippen molar-refractivity contribution < 1.29 is 0 Å². The van der Waals surface area contributed by atoms with Crippen molar-refractivity contribution in [1.29, 1.82) is 0 Å². The summed E-state index contributed by atoms with van der Waals surface area (Å²) < 4.78 is 0. The smallest absolute Gasteiger partial charge is 0.0458 e. The lowest BCUT2D eigenvalue weighted by molar-refractivity contribution is 0.261. The number of piperazine rings is 1. The first-order valence-electron chi connectivity index (χ1n) is 9.56. The predicted octanol–water partition coefficient (Wildman–Crippen LogP) is 4.35. The van der Waals surface area contributed by atoms with Crippen molar-refractivity contribution >= 4 is 5.69 Å². The minimum atomic E-state index is 1.11. The Morgan fingerprint density at radius 2 is 1.50 bits per heavy atom. The number of H-pyrrole nitrogens is 1. The molecule has 0 unspecified atom stereocenters. The zero-order chi connectivity index (χ0) is 17.8. The lowest BCUT2D eigenvalue weighted by Crippen LogP contribution is -2.47. The Balaban J connectivity index is 1.32. The van der Waals surface area contributed by atoms with Crippen molar-refractivity contribution in [3.05, 3.63) is 78.0 Å². The van der Waals surface area contributed by atoms with Crippen LogP contribution in [0, 0.1) is 6.92 Å². The van der Waals surface area contributed by atoms with E-state index >= 15 is 0 Å². The van der Waals surface area contributed by atoms with E-state index in [9.17, 15) is 0 Å². The van der Waals surface area contributed by atoms with Crippen molar-refractivity contribution in [2.75, 3.05) is 37.6 Å². The highest BCUT2D eigenvalue weighted by molar-refractivity contribution is 5.61. The average Bonchev–Trinajstić information content (AvgIpc) is 3.09. The van der Waals surface area contributed by atoms with E-state index in [1.165, 1.54) is 28.2 Å². The van der Waals surface area contributed by atoms with Crippen LogP contribution in [0.25, 0.3) is 11.3 Å². The van der Waals surface area contributed by atoms with Gasteiger partial charge < -0.3 is 9.88 Å². The van der Waals surface area contributed by atoms with E-state index in [4.69, 9.17) is 0 Å². The molecular formula is C23H27N3. The number of nitrogens with one attached hydrogen (secondary N) is 1. The minimum Gasteiger partial charge on any atom is -0.369 e. The van der Waals surface area contributed by atoms with Crippen LogP contribution in [-0.2, 0) is 6.42 Å². The fourth-order valence-corrected chi connectivity index (χ4v) is 3.78. The van der Waals surface area contributed by atoms with Crippen molar-refractivity contribution in [3.8, 4) is 11.3 Å². The second-order valence-electron chi connectivity index (χ2n) is 7.11. The van der Waals surface area contributed by atoms with Gasteiger partial charge in [0.05, 0.1) is 0 Å².